The number of nitrogen functional groups attached to an aromatic ring is 1. The summed E-state index contributed by atoms with van der Waals surface area (Å²) in [4.78, 5) is 9.26. The Morgan fingerprint density at radius 1 is 0.839 bits per heavy atom. The van der Waals surface area contributed by atoms with E-state index in [-0.39, 0.29) is 0 Å². The number of hydrogen-bond donors (Lipinski definition) is 1. The van der Waals surface area contributed by atoms with Crippen LogP contribution in [0.15, 0.2) is 97.3 Å². The molecule has 0 aliphatic carbocycles. The maximum absolute atomic E-state index is 6.27. The van der Waals surface area contributed by atoms with Gasteiger partial charge in [-0.3, -0.25) is 4.40 Å². The van der Waals surface area contributed by atoms with E-state index < -0.39 is 0 Å². The van der Waals surface area contributed by atoms with Crippen molar-refractivity contribution in [3.8, 4) is 17.0 Å². The van der Waals surface area contributed by atoms with Gasteiger partial charge in [-0.25, -0.2) is 9.97 Å². The van der Waals surface area contributed by atoms with E-state index in [2.05, 4.69) is 29.2 Å². The van der Waals surface area contributed by atoms with Crippen LogP contribution in [0.4, 0.5) is 5.82 Å². The minimum absolute atomic E-state index is 0.458. The molecule has 0 aliphatic rings. The fraction of sp³-hybridized carbons (Fsp3) is 0.0769. The number of hydrogen-bond acceptors (Lipinski definition) is 4. The summed E-state index contributed by atoms with van der Waals surface area (Å²) in [5, 5.41) is 0. The van der Waals surface area contributed by atoms with Gasteiger partial charge in [-0.1, -0.05) is 72.8 Å². The Morgan fingerprint density at radius 2 is 1.58 bits per heavy atom. The van der Waals surface area contributed by atoms with Gasteiger partial charge in [0, 0.05) is 24.4 Å². The molecular weight excluding hydrogens is 384 g/mol. The number of ether oxygens (including phenoxy) is 1. The molecule has 31 heavy (non-hydrogen) atoms. The lowest BCUT2D eigenvalue weighted by molar-refractivity contribution is 0.306. The van der Waals surface area contributed by atoms with Gasteiger partial charge in [0.05, 0.1) is 0 Å². The van der Waals surface area contributed by atoms with Crippen molar-refractivity contribution in [2.75, 3.05) is 5.73 Å². The van der Waals surface area contributed by atoms with Crippen molar-refractivity contribution in [2.45, 2.75) is 13.0 Å². The summed E-state index contributed by atoms with van der Waals surface area (Å²) >= 11 is 0. The van der Waals surface area contributed by atoms with Gasteiger partial charge in [0.25, 0.3) is 0 Å². The Kier molecular flexibility index (Phi) is 5.07. The molecular formula is C26H22N4O. The van der Waals surface area contributed by atoms with Crippen molar-refractivity contribution in [1.29, 1.82) is 0 Å². The molecule has 0 aliphatic heterocycles. The first-order valence-electron chi connectivity index (χ1n) is 10.2. The number of benzene rings is 3. The molecule has 5 aromatic rings. The van der Waals surface area contributed by atoms with Crippen molar-refractivity contribution < 1.29 is 4.74 Å². The second-order valence-electron chi connectivity index (χ2n) is 7.37. The maximum Gasteiger partial charge on any atom is 0.150 e. The fourth-order valence-corrected chi connectivity index (χ4v) is 3.70. The molecule has 0 spiro atoms. The summed E-state index contributed by atoms with van der Waals surface area (Å²) in [7, 11) is 0. The predicted molar refractivity (Wildman–Crippen MR) is 123 cm³/mol. The van der Waals surface area contributed by atoms with Crippen LogP contribution in [0.25, 0.3) is 16.8 Å². The number of aromatic nitrogens is 3. The van der Waals surface area contributed by atoms with Crippen molar-refractivity contribution in [3.05, 3.63) is 114 Å². The number of rotatable bonds is 6. The fourth-order valence-electron chi connectivity index (χ4n) is 3.70. The van der Waals surface area contributed by atoms with Crippen molar-refractivity contribution in [2.24, 2.45) is 0 Å². The average Bonchev–Trinajstić information content (AvgIpc) is 3.19. The molecule has 152 valence electrons. The van der Waals surface area contributed by atoms with Crippen molar-refractivity contribution in [3.63, 3.8) is 0 Å². The van der Waals surface area contributed by atoms with E-state index >= 15 is 0 Å². The van der Waals surface area contributed by atoms with E-state index in [4.69, 9.17) is 15.5 Å². The normalized spacial score (nSPS) is 11.0. The minimum atomic E-state index is 0.458. The van der Waals surface area contributed by atoms with Gasteiger partial charge >= 0.3 is 0 Å². The summed E-state index contributed by atoms with van der Waals surface area (Å²) in [6.07, 6.45) is 4.33. The van der Waals surface area contributed by atoms with Crippen LogP contribution in [0, 0.1) is 0 Å². The van der Waals surface area contributed by atoms with Crippen LogP contribution in [0.3, 0.4) is 0 Å². The number of nitrogens with zero attached hydrogens (tertiary/aromatic N) is 3. The zero-order chi connectivity index (χ0) is 21.0. The Balaban J connectivity index is 1.51. The maximum atomic E-state index is 6.27. The minimum Gasteiger partial charge on any atom is -0.489 e. The van der Waals surface area contributed by atoms with E-state index in [1.165, 1.54) is 5.56 Å². The van der Waals surface area contributed by atoms with Crippen LogP contribution in [0.1, 0.15) is 17.0 Å². The molecule has 5 nitrogen and oxygen atoms in total. The Morgan fingerprint density at radius 3 is 2.35 bits per heavy atom. The topological polar surface area (TPSA) is 65.4 Å². The SMILES string of the molecule is Nc1nccn2c(Cc3ccccc3)nc(-c3cccc(OCc4ccccc4)c3)c12. The quantitative estimate of drug-likeness (QED) is 0.424. The van der Waals surface area contributed by atoms with Crippen molar-refractivity contribution >= 4 is 11.3 Å². The Hall–Kier alpha value is -4.12. The zero-order valence-corrected chi connectivity index (χ0v) is 17.0. The van der Waals surface area contributed by atoms with E-state index in [0.717, 1.165) is 33.9 Å². The zero-order valence-electron chi connectivity index (χ0n) is 17.0. The third-order valence-corrected chi connectivity index (χ3v) is 5.22. The lowest BCUT2D eigenvalue weighted by Gasteiger charge is -2.08. The standard InChI is InChI=1S/C26H22N4O/c27-26-25-24(21-12-7-13-22(17-21)31-18-20-10-5-2-6-11-20)29-23(30(25)15-14-28-26)16-19-8-3-1-4-9-19/h1-15,17H,16,18H2,(H2,27,28). The van der Waals surface area contributed by atoms with Gasteiger partial charge in [-0.05, 0) is 23.3 Å². The molecule has 0 unspecified atom stereocenters. The lowest BCUT2D eigenvalue weighted by Crippen LogP contribution is -1.99. The van der Waals surface area contributed by atoms with Gasteiger partial charge in [-0.15, -0.1) is 0 Å². The predicted octanol–water partition coefficient (Wildman–Crippen LogP) is 5.15. The molecule has 0 radical (unpaired) electrons. The smallest absolute Gasteiger partial charge is 0.150 e. The summed E-state index contributed by atoms with van der Waals surface area (Å²) in [6.45, 7) is 0.511. The van der Waals surface area contributed by atoms with E-state index in [9.17, 15) is 0 Å². The molecule has 0 saturated heterocycles. The second kappa shape index (κ2) is 8.32. The largest absolute Gasteiger partial charge is 0.489 e. The highest BCUT2D eigenvalue weighted by atomic mass is 16.5. The molecule has 0 fully saturated rings. The second-order valence-corrected chi connectivity index (χ2v) is 7.37. The number of fused-ring (bicyclic) bond motifs is 1. The lowest BCUT2D eigenvalue weighted by atomic mass is 10.1. The van der Waals surface area contributed by atoms with Crippen LogP contribution in [0.2, 0.25) is 0 Å². The molecule has 2 heterocycles. The molecule has 5 heteroatoms. The summed E-state index contributed by atoms with van der Waals surface area (Å²) in [5.41, 5.74) is 11.2. The summed E-state index contributed by atoms with van der Waals surface area (Å²) in [5.74, 6) is 2.16. The molecule has 3 aromatic carbocycles. The number of anilines is 1. The molecule has 2 aromatic heterocycles. The van der Waals surface area contributed by atoms with Crippen LogP contribution in [-0.4, -0.2) is 14.4 Å². The highest BCUT2D eigenvalue weighted by molar-refractivity contribution is 5.85. The summed E-state index contributed by atoms with van der Waals surface area (Å²) < 4.78 is 8.05. The van der Waals surface area contributed by atoms with Crippen molar-refractivity contribution in [1.82, 2.24) is 14.4 Å². The Bertz CT molecular complexity index is 1310. The van der Waals surface area contributed by atoms with E-state index in [1.807, 2.05) is 71.3 Å². The molecule has 5 rings (SSSR count). The van der Waals surface area contributed by atoms with Crippen LogP contribution in [-0.2, 0) is 13.0 Å². The molecule has 2 N–H and O–H groups in total. The Labute approximate surface area is 180 Å². The van der Waals surface area contributed by atoms with E-state index in [1.54, 1.807) is 6.20 Å². The van der Waals surface area contributed by atoms with Gasteiger partial charge in [0.2, 0.25) is 0 Å². The van der Waals surface area contributed by atoms with Crippen LogP contribution in [0.5, 0.6) is 5.75 Å². The third kappa shape index (κ3) is 3.98. The van der Waals surface area contributed by atoms with Crippen LogP contribution < -0.4 is 10.5 Å². The first kappa shape index (κ1) is 18.9. The number of imidazole rings is 1. The van der Waals surface area contributed by atoms with Crippen LogP contribution >= 0.6 is 0 Å². The first-order valence-corrected chi connectivity index (χ1v) is 10.2. The average molecular weight is 406 g/mol. The molecule has 0 saturated carbocycles. The molecule has 0 amide bonds. The molecule has 0 bridgehead atoms. The highest BCUT2D eigenvalue weighted by Crippen LogP contribution is 2.31. The summed E-state index contributed by atoms with van der Waals surface area (Å²) in [6, 6.07) is 28.4. The monoisotopic (exact) mass is 406 g/mol. The van der Waals surface area contributed by atoms with Gasteiger partial charge in [0.1, 0.15) is 35.2 Å². The first-order chi connectivity index (χ1) is 15.3. The van der Waals surface area contributed by atoms with Gasteiger partial charge in [0.15, 0.2) is 0 Å². The molecule has 0 atom stereocenters. The van der Waals surface area contributed by atoms with Gasteiger partial charge < -0.3 is 10.5 Å². The number of nitrogens with two attached hydrogens (primary N) is 1. The van der Waals surface area contributed by atoms with Gasteiger partial charge in [-0.2, -0.15) is 0 Å². The third-order valence-electron chi connectivity index (χ3n) is 5.22. The highest BCUT2D eigenvalue weighted by Gasteiger charge is 2.16. The van der Waals surface area contributed by atoms with E-state index in [0.29, 0.717) is 18.8 Å².